The van der Waals surface area contributed by atoms with Gasteiger partial charge in [0.2, 0.25) is 5.91 Å². The molecule has 2 aromatic carbocycles. The van der Waals surface area contributed by atoms with Crippen LogP contribution < -0.4 is 20.1 Å². The van der Waals surface area contributed by atoms with Crippen LogP contribution in [0.4, 0.5) is 5.69 Å². The van der Waals surface area contributed by atoms with E-state index in [1.165, 1.54) is 14.2 Å². The summed E-state index contributed by atoms with van der Waals surface area (Å²) in [5.41, 5.74) is 0.963. The van der Waals surface area contributed by atoms with E-state index in [0.717, 1.165) is 0 Å². The van der Waals surface area contributed by atoms with Gasteiger partial charge < -0.3 is 20.1 Å². The third-order valence-electron chi connectivity index (χ3n) is 4.05. The zero-order chi connectivity index (χ0) is 20.7. The van der Waals surface area contributed by atoms with E-state index in [2.05, 4.69) is 10.6 Å². The molecule has 0 spiro atoms. The van der Waals surface area contributed by atoms with Gasteiger partial charge in [0, 0.05) is 34.5 Å². The van der Waals surface area contributed by atoms with Gasteiger partial charge >= 0.3 is 0 Å². The maximum absolute atomic E-state index is 12.8. The minimum atomic E-state index is -0.694. The summed E-state index contributed by atoms with van der Waals surface area (Å²) in [5.74, 6) is 0.675. The van der Waals surface area contributed by atoms with Crippen molar-refractivity contribution in [3.63, 3.8) is 0 Å². The lowest BCUT2D eigenvalue weighted by Gasteiger charge is -2.20. The van der Waals surface area contributed by atoms with Gasteiger partial charge in [-0.15, -0.1) is 0 Å². The Morgan fingerprint density at radius 1 is 1.00 bits per heavy atom. The van der Waals surface area contributed by atoms with Crippen molar-refractivity contribution < 1.29 is 19.1 Å². The number of halogens is 1. The fraction of sp³-hybridized carbons (Fsp3) is 0.333. The molecular weight excluding hydrogens is 380 g/mol. The van der Waals surface area contributed by atoms with Gasteiger partial charge in [0.05, 0.1) is 14.2 Å². The van der Waals surface area contributed by atoms with Crippen LogP contribution >= 0.6 is 11.6 Å². The Morgan fingerprint density at radius 3 is 2.07 bits per heavy atom. The second kappa shape index (κ2) is 9.99. The van der Waals surface area contributed by atoms with Crippen molar-refractivity contribution in [3.05, 3.63) is 53.1 Å². The van der Waals surface area contributed by atoms with Crippen molar-refractivity contribution in [1.29, 1.82) is 0 Å². The Hall–Kier alpha value is -2.73. The molecule has 0 saturated carbocycles. The number of benzene rings is 2. The zero-order valence-corrected chi connectivity index (χ0v) is 17.2. The summed E-state index contributed by atoms with van der Waals surface area (Å²) in [5, 5.41) is 6.17. The molecular formula is C21H25ClN2O4. The van der Waals surface area contributed by atoms with Crippen molar-refractivity contribution in [2.24, 2.45) is 5.92 Å². The van der Waals surface area contributed by atoms with Crippen molar-refractivity contribution in [2.75, 3.05) is 19.5 Å². The van der Waals surface area contributed by atoms with Crippen molar-refractivity contribution >= 4 is 29.1 Å². The number of carbonyl (C=O) groups is 2. The monoisotopic (exact) mass is 404 g/mol. The highest BCUT2D eigenvalue weighted by molar-refractivity contribution is 6.30. The predicted molar refractivity (Wildman–Crippen MR) is 110 cm³/mol. The minimum Gasteiger partial charge on any atom is -0.497 e. The van der Waals surface area contributed by atoms with Crippen LogP contribution in [0.2, 0.25) is 5.02 Å². The van der Waals surface area contributed by atoms with Gasteiger partial charge in [-0.2, -0.15) is 0 Å². The molecule has 2 aromatic rings. The van der Waals surface area contributed by atoms with Gasteiger partial charge in [0.25, 0.3) is 5.91 Å². The highest BCUT2D eigenvalue weighted by Gasteiger charge is 2.23. The van der Waals surface area contributed by atoms with Crippen LogP contribution in [0, 0.1) is 5.92 Å². The number of methoxy groups -OCH3 is 2. The second-order valence-corrected chi connectivity index (χ2v) is 7.19. The molecule has 1 atom stereocenters. The molecule has 2 N–H and O–H groups in total. The van der Waals surface area contributed by atoms with Crippen LogP contribution in [0.25, 0.3) is 0 Å². The smallest absolute Gasteiger partial charge is 0.251 e. The molecule has 0 unspecified atom stereocenters. The SMILES string of the molecule is COc1cc(NC(=O)[C@H](CC(C)C)NC(=O)c2ccc(Cl)cc2)cc(OC)c1. The molecule has 150 valence electrons. The molecule has 0 aliphatic rings. The summed E-state index contributed by atoms with van der Waals surface area (Å²) < 4.78 is 10.4. The third kappa shape index (κ3) is 6.16. The molecule has 0 fully saturated rings. The number of amides is 2. The van der Waals surface area contributed by atoms with Crippen LogP contribution in [0.15, 0.2) is 42.5 Å². The molecule has 6 nitrogen and oxygen atoms in total. The number of carbonyl (C=O) groups excluding carboxylic acids is 2. The summed E-state index contributed by atoms with van der Waals surface area (Å²) in [6.07, 6.45) is 0.492. The molecule has 0 saturated heterocycles. The lowest BCUT2D eigenvalue weighted by atomic mass is 10.0. The maximum Gasteiger partial charge on any atom is 0.251 e. The molecule has 0 aliphatic heterocycles. The van der Waals surface area contributed by atoms with E-state index in [-0.39, 0.29) is 17.7 Å². The molecule has 0 aliphatic carbocycles. The lowest BCUT2D eigenvalue weighted by molar-refractivity contribution is -0.118. The topological polar surface area (TPSA) is 76.7 Å². The van der Waals surface area contributed by atoms with Crippen LogP contribution in [0.5, 0.6) is 11.5 Å². The van der Waals surface area contributed by atoms with Gasteiger partial charge in [-0.1, -0.05) is 25.4 Å². The van der Waals surface area contributed by atoms with Gasteiger partial charge in [0.15, 0.2) is 0 Å². The number of nitrogens with one attached hydrogen (secondary N) is 2. The first kappa shape index (κ1) is 21.6. The van der Waals surface area contributed by atoms with E-state index in [1.807, 2.05) is 13.8 Å². The van der Waals surface area contributed by atoms with E-state index >= 15 is 0 Å². The zero-order valence-electron chi connectivity index (χ0n) is 16.4. The Kier molecular flexibility index (Phi) is 7.70. The lowest BCUT2D eigenvalue weighted by Crippen LogP contribution is -2.44. The van der Waals surface area contributed by atoms with Crippen molar-refractivity contribution in [1.82, 2.24) is 5.32 Å². The maximum atomic E-state index is 12.8. The average molecular weight is 405 g/mol. The first-order valence-electron chi connectivity index (χ1n) is 8.92. The number of ether oxygens (including phenoxy) is 2. The molecule has 0 bridgehead atoms. The summed E-state index contributed by atoms with van der Waals surface area (Å²) >= 11 is 5.86. The fourth-order valence-corrected chi connectivity index (χ4v) is 2.78. The van der Waals surface area contributed by atoms with E-state index in [4.69, 9.17) is 21.1 Å². The van der Waals surface area contributed by atoms with E-state index in [0.29, 0.717) is 34.2 Å². The standard InChI is InChI=1S/C21H25ClN2O4/c1-13(2)9-19(24-20(25)14-5-7-15(22)8-6-14)21(26)23-16-10-17(27-3)12-18(11-16)28-4/h5-8,10-13,19H,9H2,1-4H3,(H,23,26)(H,24,25)/t19-/m0/s1. The number of anilines is 1. The Bertz CT molecular complexity index is 799. The predicted octanol–water partition coefficient (Wildman–Crippen LogP) is 4.14. The first-order valence-corrected chi connectivity index (χ1v) is 9.30. The molecule has 0 aromatic heterocycles. The van der Waals surface area contributed by atoms with Gasteiger partial charge in [0.1, 0.15) is 17.5 Å². The van der Waals surface area contributed by atoms with Crippen LogP contribution in [-0.2, 0) is 4.79 Å². The van der Waals surface area contributed by atoms with Gasteiger partial charge in [-0.05, 0) is 36.6 Å². The minimum absolute atomic E-state index is 0.209. The molecule has 2 rings (SSSR count). The van der Waals surface area contributed by atoms with Crippen LogP contribution in [-0.4, -0.2) is 32.1 Å². The summed E-state index contributed by atoms with van der Waals surface area (Å²) in [6.45, 7) is 3.98. The number of hydrogen-bond acceptors (Lipinski definition) is 4. The third-order valence-corrected chi connectivity index (χ3v) is 4.31. The van der Waals surface area contributed by atoms with Crippen LogP contribution in [0.3, 0.4) is 0 Å². The average Bonchev–Trinajstić information content (AvgIpc) is 2.67. The molecule has 28 heavy (non-hydrogen) atoms. The van der Waals surface area contributed by atoms with E-state index in [1.54, 1.807) is 42.5 Å². The summed E-state index contributed by atoms with van der Waals surface area (Å²) in [7, 11) is 3.07. The summed E-state index contributed by atoms with van der Waals surface area (Å²) in [4.78, 5) is 25.4. The summed E-state index contributed by atoms with van der Waals surface area (Å²) in [6, 6.07) is 10.9. The molecule has 0 radical (unpaired) electrons. The van der Waals surface area contributed by atoms with Crippen molar-refractivity contribution in [2.45, 2.75) is 26.3 Å². The van der Waals surface area contributed by atoms with Crippen molar-refractivity contribution in [3.8, 4) is 11.5 Å². The molecule has 2 amide bonds. The van der Waals surface area contributed by atoms with Gasteiger partial charge in [-0.25, -0.2) is 0 Å². The second-order valence-electron chi connectivity index (χ2n) is 6.75. The normalized spacial score (nSPS) is 11.6. The van der Waals surface area contributed by atoms with E-state index in [9.17, 15) is 9.59 Å². The number of hydrogen-bond donors (Lipinski definition) is 2. The highest BCUT2D eigenvalue weighted by Crippen LogP contribution is 2.26. The highest BCUT2D eigenvalue weighted by atomic mass is 35.5. The Balaban J connectivity index is 2.16. The Morgan fingerprint density at radius 2 is 1.57 bits per heavy atom. The van der Waals surface area contributed by atoms with Crippen LogP contribution in [0.1, 0.15) is 30.6 Å². The molecule has 7 heteroatoms. The largest absolute Gasteiger partial charge is 0.497 e. The first-order chi connectivity index (χ1) is 13.3. The van der Waals surface area contributed by atoms with E-state index < -0.39 is 6.04 Å². The fourth-order valence-electron chi connectivity index (χ4n) is 2.65. The quantitative estimate of drug-likeness (QED) is 0.693. The Labute approximate surface area is 170 Å². The molecule has 0 heterocycles. The number of rotatable bonds is 8. The van der Waals surface area contributed by atoms with Gasteiger partial charge in [-0.3, -0.25) is 9.59 Å².